The summed E-state index contributed by atoms with van der Waals surface area (Å²) in [7, 11) is 0. The van der Waals surface area contributed by atoms with Crippen LogP contribution < -0.4 is 5.32 Å². The van der Waals surface area contributed by atoms with Crippen molar-refractivity contribution in [1.82, 2.24) is 10.2 Å². The molecule has 5 heteroatoms. The molecule has 0 saturated carbocycles. The van der Waals surface area contributed by atoms with Gasteiger partial charge in [0.2, 0.25) is 0 Å². The Labute approximate surface area is 115 Å². The number of nitrogens with one attached hydrogen (secondary N) is 1. The number of carboxylic acid groups (broad SMARTS) is 1. The minimum atomic E-state index is -0.939. The van der Waals surface area contributed by atoms with Gasteiger partial charge in [-0.05, 0) is 25.2 Å². The van der Waals surface area contributed by atoms with Crippen molar-refractivity contribution in [3.05, 3.63) is 0 Å². The number of amides is 2. The highest BCUT2D eigenvalue weighted by Crippen LogP contribution is 2.19. The van der Waals surface area contributed by atoms with E-state index in [4.69, 9.17) is 5.11 Å². The zero-order valence-electron chi connectivity index (χ0n) is 12.0. The van der Waals surface area contributed by atoms with Gasteiger partial charge in [0, 0.05) is 13.1 Å². The predicted molar refractivity (Wildman–Crippen MR) is 74.1 cm³/mol. The lowest BCUT2D eigenvalue weighted by atomic mass is 9.96. The molecule has 0 aliphatic carbocycles. The van der Waals surface area contributed by atoms with E-state index in [1.54, 1.807) is 4.90 Å². The summed E-state index contributed by atoms with van der Waals surface area (Å²) in [5.74, 6) is -0.385. The number of rotatable bonds is 6. The molecule has 2 unspecified atom stereocenters. The third kappa shape index (κ3) is 5.09. The monoisotopic (exact) mass is 270 g/mol. The van der Waals surface area contributed by atoms with Crippen molar-refractivity contribution < 1.29 is 14.7 Å². The average molecular weight is 270 g/mol. The molecule has 1 heterocycles. The number of aliphatic carboxylic acids is 1. The van der Waals surface area contributed by atoms with Gasteiger partial charge in [0.1, 0.15) is 6.04 Å². The maximum Gasteiger partial charge on any atom is 0.326 e. The number of unbranched alkanes of at least 4 members (excludes halogenated alkanes) is 1. The molecule has 1 saturated heterocycles. The van der Waals surface area contributed by atoms with Gasteiger partial charge in [-0.3, -0.25) is 0 Å². The zero-order valence-corrected chi connectivity index (χ0v) is 12.0. The molecule has 0 aromatic rings. The van der Waals surface area contributed by atoms with Crippen LogP contribution in [-0.2, 0) is 4.79 Å². The van der Waals surface area contributed by atoms with E-state index < -0.39 is 12.0 Å². The maximum atomic E-state index is 12.1. The lowest BCUT2D eigenvalue weighted by Crippen LogP contribution is -2.50. The van der Waals surface area contributed by atoms with Crippen LogP contribution in [0.1, 0.15) is 52.4 Å². The Morgan fingerprint density at radius 1 is 1.42 bits per heavy atom. The Hall–Kier alpha value is -1.26. The van der Waals surface area contributed by atoms with Gasteiger partial charge in [0.15, 0.2) is 0 Å². The largest absolute Gasteiger partial charge is 0.480 e. The molecule has 19 heavy (non-hydrogen) atoms. The van der Waals surface area contributed by atoms with Crippen molar-refractivity contribution in [2.24, 2.45) is 5.92 Å². The first-order valence-corrected chi connectivity index (χ1v) is 7.36. The van der Waals surface area contributed by atoms with Crippen LogP contribution in [0.4, 0.5) is 4.79 Å². The van der Waals surface area contributed by atoms with Crippen LogP contribution in [0.15, 0.2) is 0 Å². The van der Waals surface area contributed by atoms with E-state index in [2.05, 4.69) is 12.2 Å². The topological polar surface area (TPSA) is 69.6 Å². The molecule has 5 nitrogen and oxygen atoms in total. The van der Waals surface area contributed by atoms with Crippen LogP contribution in [0.5, 0.6) is 0 Å². The van der Waals surface area contributed by atoms with Crippen molar-refractivity contribution in [2.45, 2.75) is 58.4 Å². The smallest absolute Gasteiger partial charge is 0.326 e. The highest BCUT2D eigenvalue weighted by atomic mass is 16.4. The standard InChI is InChI=1S/C14H26N2O3/c1-3-5-8-12(13(17)18)15-14(19)16-9-6-7-11(4-2)10-16/h11-12H,3-10H2,1-2H3,(H,15,19)(H,17,18). The van der Waals surface area contributed by atoms with Gasteiger partial charge in [-0.1, -0.05) is 33.1 Å². The highest BCUT2D eigenvalue weighted by molar-refractivity contribution is 5.82. The Balaban J connectivity index is 2.48. The summed E-state index contributed by atoms with van der Waals surface area (Å²) in [6, 6.07) is -0.976. The predicted octanol–water partition coefficient (Wildman–Crippen LogP) is 2.46. The van der Waals surface area contributed by atoms with Crippen molar-refractivity contribution in [3.8, 4) is 0 Å². The molecule has 110 valence electrons. The van der Waals surface area contributed by atoms with Crippen molar-refractivity contribution in [1.29, 1.82) is 0 Å². The van der Waals surface area contributed by atoms with Crippen LogP contribution in [0.2, 0.25) is 0 Å². The quantitative estimate of drug-likeness (QED) is 0.779. The van der Waals surface area contributed by atoms with Gasteiger partial charge in [-0.25, -0.2) is 9.59 Å². The van der Waals surface area contributed by atoms with Crippen LogP contribution in [-0.4, -0.2) is 41.1 Å². The minimum Gasteiger partial charge on any atom is -0.480 e. The summed E-state index contributed by atoms with van der Waals surface area (Å²) >= 11 is 0. The molecule has 2 N–H and O–H groups in total. The summed E-state index contributed by atoms with van der Waals surface area (Å²) in [5.41, 5.74) is 0. The number of piperidine rings is 1. The molecule has 0 spiro atoms. The third-order valence-electron chi connectivity index (χ3n) is 3.83. The fourth-order valence-corrected chi connectivity index (χ4v) is 2.49. The van der Waals surface area contributed by atoms with Gasteiger partial charge in [0.25, 0.3) is 0 Å². The molecule has 2 amide bonds. The van der Waals surface area contributed by atoms with Gasteiger partial charge in [-0.2, -0.15) is 0 Å². The van der Waals surface area contributed by atoms with E-state index in [9.17, 15) is 9.59 Å². The van der Waals surface area contributed by atoms with E-state index in [1.165, 1.54) is 6.42 Å². The fraction of sp³-hybridized carbons (Fsp3) is 0.857. The molecule has 0 radical (unpaired) electrons. The van der Waals surface area contributed by atoms with E-state index in [0.29, 0.717) is 12.3 Å². The van der Waals surface area contributed by atoms with Gasteiger partial charge >= 0.3 is 12.0 Å². The minimum absolute atomic E-state index is 0.221. The summed E-state index contributed by atoms with van der Waals surface area (Å²) in [6.45, 7) is 5.63. The van der Waals surface area contributed by atoms with E-state index >= 15 is 0 Å². The number of carbonyl (C=O) groups is 2. The second-order valence-electron chi connectivity index (χ2n) is 5.35. The Morgan fingerprint density at radius 3 is 2.74 bits per heavy atom. The number of carbonyl (C=O) groups excluding carboxylic acids is 1. The molecule has 1 fully saturated rings. The molecule has 1 rings (SSSR count). The van der Waals surface area contributed by atoms with Crippen LogP contribution in [0, 0.1) is 5.92 Å². The lowest BCUT2D eigenvalue weighted by Gasteiger charge is -2.33. The summed E-state index contributed by atoms with van der Waals surface area (Å²) in [4.78, 5) is 25.0. The highest BCUT2D eigenvalue weighted by Gasteiger charge is 2.26. The Morgan fingerprint density at radius 2 is 2.16 bits per heavy atom. The Kier molecular flexibility index (Phi) is 6.67. The molecule has 1 aliphatic heterocycles. The van der Waals surface area contributed by atoms with Crippen LogP contribution >= 0.6 is 0 Å². The van der Waals surface area contributed by atoms with Crippen LogP contribution in [0.25, 0.3) is 0 Å². The molecule has 0 aromatic carbocycles. The summed E-state index contributed by atoms with van der Waals surface area (Å²) in [6.07, 6.45) is 5.50. The molecular formula is C14H26N2O3. The second-order valence-corrected chi connectivity index (χ2v) is 5.35. The fourth-order valence-electron chi connectivity index (χ4n) is 2.49. The van der Waals surface area contributed by atoms with E-state index in [-0.39, 0.29) is 6.03 Å². The van der Waals surface area contributed by atoms with Crippen molar-refractivity contribution in [3.63, 3.8) is 0 Å². The zero-order chi connectivity index (χ0) is 14.3. The van der Waals surface area contributed by atoms with Gasteiger partial charge < -0.3 is 15.3 Å². The number of nitrogens with zero attached hydrogens (tertiary/aromatic N) is 1. The first kappa shape index (κ1) is 15.8. The van der Waals surface area contributed by atoms with Gasteiger partial charge in [0.05, 0.1) is 0 Å². The average Bonchev–Trinajstić information content (AvgIpc) is 2.42. The lowest BCUT2D eigenvalue weighted by molar-refractivity contribution is -0.139. The number of urea groups is 1. The van der Waals surface area contributed by atoms with Crippen LogP contribution in [0.3, 0.4) is 0 Å². The normalized spacial score (nSPS) is 20.9. The van der Waals surface area contributed by atoms with Crippen molar-refractivity contribution in [2.75, 3.05) is 13.1 Å². The van der Waals surface area contributed by atoms with Gasteiger partial charge in [-0.15, -0.1) is 0 Å². The van der Waals surface area contributed by atoms with Crippen molar-refractivity contribution >= 4 is 12.0 Å². The molecular weight excluding hydrogens is 244 g/mol. The number of carboxylic acids is 1. The number of hydrogen-bond acceptors (Lipinski definition) is 2. The summed E-state index contributed by atoms with van der Waals surface area (Å²) in [5, 5.41) is 11.8. The van der Waals surface area contributed by atoms with E-state index in [1.807, 2.05) is 6.92 Å². The number of likely N-dealkylation sites (tertiary alicyclic amines) is 1. The summed E-state index contributed by atoms with van der Waals surface area (Å²) < 4.78 is 0. The third-order valence-corrected chi connectivity index (χ3v) is 3.83. The number of hydrogen-bond donors (Lipinski definition) is 2. The molecule has 1 aliphatic rings. The molecule has 2 atom stereocenters. The first-order chi connectivity index (χ1) is 9.08. The maximum absolute atomic E-state index is 12.1. The second kappa shape index (κ2) is 8.02. The SMILES string of the molecule is CCCCC(NC(=O)N1CCCC(CC)C1)C(=O)O. The molecule has 0 aromatic heterocycles. The molecule has 0 bridgehead atoms. The Bertz CT molecular complexity index is 307. The first-order valence-electron chi connectivity index (χ1n) is 7.36. The van der Waals surface area contributed by atoms with E-state index in [0.717, 1.165) is 38.8 Å².